The molecule has 21 heavy (non-hydrogen) atoms. The monoisotopic (exact) mass is 284 g/mol. The molecule has 0 bridgehead atoms. The van der Waals surface area contributed by atoms with Crippen LogP contribution in [0.3, 0.4) is 0 Å². The Kier molecular flexibility index (Phi) is 3.95. The van der Waals surface area contributed by atoms with Crippen LogP contribution in [0.15, 0.2) is 40.8 Å². The quantitative estimate of drug-likeness (QED) is 0.915. The molecule has 0 atom stereocenters. The molecule has 0 aliphatic carbocycles. The second-order valence-corrected chi connectivity index (χ2v) is 5.41. The van der Waals surface area contributed by atoms with Crippen LogP contribution < -0.4 is 10.2 Å². The molecule has 1 aromatic heterocycles. The van der Waals surface area contributed by atoms with Crippen molar-refractivity contribution >= 4 is 11.7 Å². The van der Waals surface area contributed by atoms with Crippen LogP contribution in [0.25, 0.3) is 0 Å². The Morgan fingerprint density at radius 3 is 2.90 bits per heavy atom. The maximum absolute atomic E-state index is 12.5. The number of anilines is 1. The van der Waals surface area contributed by atoms with Crippen molar-refractivity contribution in [2.45, 2.75) is 32.7 Å². The number of nitrogens with one attached hydrogen (secondary N) is 1. The zero-order chi connectivity index (χ0) is 14.7. The highest BCUT2D eigenvalue weighted by molar-refractivity contribution is 5.92. The van der Waals surface area contributed by atoms with E-state index in [0.717, 1.165) is 43.0 Å². The topological polar surface area (TPSA) is 45.5 Å². The molecule has 0 spiro atoms. The van der Waals surface area contributed by atoms with Gasteiger partial charge in [-0.1, -0.05) is 18.2 Å². The Hall–Kier alpha value is -2.23. The van der Waals surface area contributed by atoms with Crippen molar-refractivity contribution in [2.75, 3.05) is 11.4 Å². The fourth-order valence-corrected chi connectivity index (χ4v) is 2.74. The lowest BCUT2D eigenvalue weighted by Gasteiger charge is -2.23. The van der Waals surface area contributed by atoms with Crippen LogP contribution in [0.2, 0.25) is 0 Å². The van der Waals surface area contributed by atoms with Gasteiger partial charge in [0.2, 0.25) is 0 Å². The molecule has 0 radical (unpaired) electrons. The Bertz CT molecular complexity index is 633. The number of benzene rings is 1. The number of furan rings is 1. The van der Waals surface area contributed by atoms with Gasteiger partial charge in [0.25, 0.3) is 0 Å². The van der Waals surface area contributed by atoms with Crippen molar-refractivity contribution in [3.8, 4) is 0 Å². The number of fused-ring (bicyclic) bond motifs is 1. The average molecular weight is 284 g/mol. The van der Waals surface area contributed by atoms with Crippen LogP contribution in [0.1, 0.15) is 29.9 Å². The highest BCUT2D eigenvalue weighted by atomic mass is 16.3. The third-order valence-corrected chi connectivity index (χ3v) is 3.82. The summed E-state index contributed by atoms with van der Waals surface area (Å²) in [5.41, 5.74) is 2.28. The highest BCUT2D eigenvalue weighted by Crippen LogP contribution is 2.26. The molecule has 1 aliphatic rings. The molecule has 110 valence electrons. The van der Waals surface area contributed by atoms with Gasteiger partial charge in [-0.05, 0) is 49.9 Å². The van der Waals surface area contributed by atoms with Crippen molar-refractivity contribution < 1.29 is 9.21 Å². The fourth-order valence-electron chi connectivity index (χ4n) is 2.74. The van der Waals surface area contributed by atoms with E-state index in [4.69, 9.17) is 4.42 Å². The van der Waals surface area contributed by atoms with Gasteiger partial charge in [-0.2, -0.15) is 0 Å². The summed E-state index contributed by atoms with van der Waals surface area (Å²) in [5, 5.41) is 2.94. The van der Waals surface area contributed by atoms with Gasteiger partial charge >= 0.3 is 6.03 Å². The summed E-state index contributed by atoms with van der Waals surface area (Å²) in [7, 11) is 0. The van der Waals surface area contributed by atoms with Crippen molar-refractivity contribution in [1.29, 1.82) is 0 Å². The predicted molar refractivity (Wildman–Crippen MR) is 82.4 cm³/mol. The first-order chi connectivity index (χ1) is 10.2. The molecule has 0 unspecified atom stereocenters. The standard InChI is InChI=1S/C17H20N2O2/c1-13-9-10-15(21-13)12-18-17(20)19-11-5-4-7-14-6-2-3-8-16(14)19/h2-3,6,8-10H,4-5,7,11-12H2,1H3,(H,18,20). The van der Waals surface area contributed by atoms with E-state index in [2.05, 4.69) is 11.4 Å². The average Bonchev–Trinajstić information content (AvgIpc) is 2.79. The summed E-state index contributed by atoms with van der Waals surface area (Å²) in [6.07, 6.45) is 3.19. The Balaban J connectivity index is 1.72. The Morgan fingerprint density at radius 1 is 1.24 bits per heavy atom. The number of para-hydroxylation sites is 1. The molecule has 2 amide bonds. The number of amides is 2. The second kappa shape index (κ2) is 6.04. The number of carbonyl (C=O) groups is 1. The fraction of sp³-hybridized carbons (Fsp3) is 0.353. The summed E-state index contributed by atoms with van der Waals surface area (Å²) in [5.74, 6) is 1.64. The number of hydrogen-bond donors (Lipinski definition) is 1. The minimum Gasteiger partial charge on any atom is -0.465 e. The van der Waals surface area contributed by atoms with Gasteiger partial charge < -0.3 is 9.73 Å². The zero-order valence-electron chi connectivity index (χ0n) is 12.3. The predicted octanol–water partition coefficient (Wildman–Crippen LogP) is 3.64. The van der Waals surface area contributed by atoms with Crippen molar-refractivity contribution in [1.82, 2.24) is 5.32 Å². The molecule has 2 heterocycles. The Morgan fingerprint density at radius 2 is 2.10 bits per heavy atom. The van der Waals surface area contributed by atoms with E-state index in [0.29, 0.717) is 6.54 Å². The van der Waals surface area contributed by atoms with Gasteiger partial charge in [0.15, 0.2) is 0 Å². The van der Waals surface area contributed by atoms with Gasteiger partial charge in [0, 0.05) is 12.2 Å². The lowest BCUT2D eigenvalue weighted by Crippen LogP contribution is -2.40. The molecule has 0 saturated heterocycles. The summed E-state index contributed by atoms with van der Waals surface area (Å²) < 4.78 is 5.48. The Labute approximate surface area is 124 Å². The van der Waals surface area contributed by atoms with Crippen LogP contribution in [0.5, 0.6) is 0 Å². The molecule has 1 aliphatic heterocycles. The normalized spacial score (nSPS) is 14.4. The molecule has 0 saturated carbocycles. The van der Waals surface area contributed by atoms with Gasteiger partial charge in [0.1, 0.15) is 11.5 Å². The van der Waals surface area contributed by atoms with Gasteiger partial charge in [-0.15, -0.1) is 0 Å². The van der Waals surface area contributed by atoms with Gasteiger partial charge in [0.05, 0.1) is 6.54 Å². The van der Waals surface area contributed by atoms with Gasteiger partial charge in [-0.3, -0.25) is 4.90 Å². The van der Waals surface area contributed by atoms with E-state index < -0.39 is 0 Å². The number of rotatable bonds is 2. The summed E-state index contributed by atoms with van der Waals surface area (Å²) in [6, 6.07) is 11.9. The lowest BCUT2D eigenvalue weighted by molar-refractivity contribution is 0.245. The first-order valence-electron chi connectivity index (χ1n) is 7.42. The van der Waals surface area contributed by atoms with E-state index >= 15 is 0 Å². The lowest BCUT2D eigenvalue weighted by atomic mass is 10.1. The first-order valence-corrected chi connectivity index (χ1v) is 7.42. The molecule has 4 nitrogen and oxygen atoms in total. The van der Waals surface area contributed by atoms with Crippen LogP contribution in [-0.4, -0.2) is 12.6 Å². The maximum Gasteiger partial charge on any atom is 0.322 e. The molecule has 3 rings (SSSR count). The van der Waals surface area contributed by atoms with Crippen LogP contribution in [0.4, 0.5) is 10.5 Å². The van der Waals surface area contributed by atoms with E-state index in [1.165, 1.54) is 5.56 Å². The molecule has 4 heteroatoms. The van der Waals surface area contributed by atoms with E-state index in [9.17, 15) is 4.79 Å². The highest BCUT2D eigenvalue weighted by Gasteiger charge is 2.20. The minimum absolute atomic E-state index is 0.0570. The van der Waals surface area contributed by atoms with Gasteiger partial charge in [-0.25, -0.2) is 4.79 Å². The third kappa shape index (κ3) is 3.10. The number of nitrogens with zero attached hydrogens (tertiary/aromatic N) is 1. The van der Waals surface area contributed by atoms with Crippen molar-refractivity contribution in [3.05, 3.63) is 53.5 Å². The van der Waals surface area contributed by atoms with E-state index in [1.807, 2.05) is 42.2 Å². The van der Waals surface area contributed by atoms with Crippen LogP contribution >= 0.6 is 0 Å². The summed E-state index contributed by atoms with van der Waals surface area (Å²) in [6.45, 7) is 3.09. The van der Waals surface area contributed by atoms with E-state index in [1.54, 1.807) is 0 Å². The van der Waals surface area contributed by atoms with E-state index in [-0.39, 0.29) is 6.03 Å². The maximum atomic E-state index is 12.5. The summed E-state index contributed by atoms with van der Waals surface area (Å²) in [4.78, 5) is 14.3. The molecule has 1 aromatic carbocycles. The number of aryl methyl sites for hydroxylation is 2. The zero-order valence-corrected chi connectivity index (χ0v) is 12.3. The second-order valence-electron chi connectivity index (χ2n) is 5.41. The molecular formula is C17H20N2O2. The first kappa shape index (κ1) is 13.7. The molecule has 2 aromatic rings. The SMILES string of the molecule is Cc1ccc(CNC(=O)N2CCCCc3ccccc32)o1. The third-order valence-electron chi connectivity index (χ3n) is 3.82. The van der Waals surface area contributed by atoms with Crippen molar-refractivity contribution in [3.63, 3.8) is 0 Å². The molecule has 1 N–H and O–H groups in total. The minimum atomic E-state index is -0.0570. The van der Waals surface area contributed by atoms with Crippen LogP contribution in [-0.2, 0) is 13.0 Å². The number of hydrogen-bond acceptors (Lipinski definition) is 2. The van der Waals surface area contributed by atoms with Crippen molar-refractivity contribution in [2.24, 2.45) is 0 Å². The number of urea groups is 1. The molecular weight excluding hydrogens is 264 g/mol. The number of carbonyl (C=O) groups excluding carboxylic acids is 1. The smallest absolute Gasteiger partial charge is 0.322 e. The van der Waals surface area contributed by atoms with Crippen LogP contribution in [0, 0.1) is 6.92 Å². The molecule has 0 fully saturated rings. The summed E-state index contributed by atoms with van der Waals surface area (Å²) >= 11 is 0. The largest absolute Gasteiger partial charge is 0.465 e.